The number of rotatable bonds is 6. The molecule has 1 amide bonds. The predicted octanol–water partition coefficient (Wildman–Crippen LogP) is 0.579. The second-order valence-corrected chi connectivity index (χ2v) is 3.43. The van der Waals surface area contributed by atoms with Gasteiger partial charge in [0.2, 0.25) is 0 Å². The number of methoxy groups -OCH3 is 1. The summed E-state index contributed by atoms with van der Waals surface area (Å²) in [6.45, 7) is 2.28. The fourth-order valence-corrected chi connectivity index (χ4v) is 1.37. The molecule has 0 aliphatic carbocycles. The Bertz CT molecular complexity index is 334. The first-order valence-electron chi connectivity index (χ1n) is 5.20. The first-order chi connectivity index (χ1) is 7.69. The van der Waals surface area contributed by atoms with Crippen molar-refractivity contribution in [3.05, 3.63) is 23.7 Å². The van der Waals surface area contributed by atoms with Crippen molar-refractivity contribution < 1.29 is 19.1 Å². The SMILES string of the molecule is CCc1occc1C(=O)NCC(O)COC. The lowest BCUT2D eigenvalue weighted by molar-refractivity contribution is 0.0609. The molecule has 1 rings (SSSR count). The molecule has 16 heavy (non-hydrogen) atoms. The summed E-state index contributed by atoms with van der Waals surface area (Å²) in [5.41, 5.74) is 0.520. The number of amides is 1. The van der Waals surface area contributed by atoms with Crippen LogP contribution in [0, 0.1) is 0 Å². The van der Waals surface area contributed by atoms with Gasteiger partial charge in [-0.15, -0.1) is 0 Å². The van der Waals surface area contributed by atoms with Crippen molar-refractivity contribution in [2.75, 3.05) is 20.3 Å². The lowest BCUT2D eigenvalue weighted by Crippen LogP contribution is -2.34. The number of aliphatic hydroxyl groups is 1. The van der Waals surface area contributed by atoms with E-state index in [1.165, 1.54) is 13.4 Å². The zero-order chi connectivity index (χ0) is 12.0. The molecule has 1 aromatic rings. The smallest absolute Gasteiger partial charge is 0.254 e. The number of carbonyl (C=O) groups is 1. The van der Waals surface area contributed by atoms with Crippen LogP contribution in [0.4, 0.5) is 0 Å². The number of aryl methyl sites for hydroxylation is 1. The lowest BCUT2D eigenvalue weighted by atomic mass is 10.2. The Balaban J connectivity index is 2.46. The van der Waals surface area contributed by atoms with E-state index < -0.39 is 6.10 Å². The van der Waals surface area contributed by atoms with E-state index in [0.717, 1.165) is 0 Å². The first kappa shape index (κ1) is 12.7. The highest BCUT2D eigenvalue weighted by molar-refractivity contribution is 5.95. The Morgan fingerprint density at radius 2 is 2.44 bits per heavy atom. The van der Waals surface area contributed by atoms with Gasteiger partial charge < -0.3 is 19.6 Å². The van der Waals surface area contributed by atoms with Crippen LogP contribution in [0.5, 0.6) is 0 Å². The Morgan fingerprint density at radius 3 is 3.06 bits per heavy atom. The van der Waals surface area contributed by atoms with E-state index in [1.54, 1.807) is 6.07 Å². The normalized spacial score (nSPS) is 12.4. The topological polar surface area (TPSA) is 71.7 Å². The highest BCUT2D eigenvalue weighted by Gasteiger charge is 2.14. The van der Waals surface area contributed by atoms with Crippen LogP contribution in [0.2, 0.25) is 0 Å². The molecule has 0 saturated heterocycles. The number of hydrogen-bond donors (Lipinski definition) is 2. The third kappa shape index (κ3) is 3.36. The zero-order valence-corrected chi connectivity index (χ0v) is 9.53. The monoisotopic (exact) mass is 227 g/mol. The van der Waals surface area contributed by atoms with Gasteiger partial charge in [-0.25, -0.2) is 0 Å². The van der Waals surface area contributed by atoms with Gasteiger partial charge in [-0.2, -0.15) is 0 Å². The zero-order valence-electron chi connectivity index (χ0n) is 9.53. The molecule has 1 unspecified atom stereocenters. The van der Waals surface area contributed by atoms with Crippen LogP contribution in [0.1, 0.15) is 23.0 Å². The summed E-state index contributed by atoms with van der Waals surface area (Å²) >= 11 is 0. The maximum Gasteiger partial charge on any atom is 0.254 e. The summed E-state index contributed by atoms with van der Waals surface area (Å²) in [7, 11) is 1.50. The van der Waals surface area contributed by atoms with E-state index in [1.807, 2.05) is 6.92 Å². The number of nitrogens with one attached hydrogen (secondary N) is 1. The quantitative estimate of drug-likeness (QED) is 0.745. The molecule has 0 bridgehead atoms. The molecule has 0 aromatic carbocycles. The van der Waals surface area contributed by atoms with Gasteiger partial charge in [-0.3, -0.25) is 4.79 Å². The molecule has 2 N–H and O–H groups in total. The Morgan fingerprint density at radius 1 is 1.69 bits per heavy atom. The van der Waals surface area contributed by atoms with Crippen molar-refractivity contribution in [1.29, 1.82) is 0 Å². The molecule has 1 atom stereocenters. The number of aliphatic hydroxyl groups excluding tert-OH is 1. The Hall–Kier alpha value is -1.33. The minimum Gasteiger partial charge on any atom is -0.469 e. The summed E-state index contributed by atoms with van der Waals surface area (Å²) in [6.07, 6.45) is 1.46. The Labute approximate surface area is 94.4 Å². The second-order valence-electron chi connectivity index (χ2n) is 3.43. The van der Waals surface area contributed by atoms with Crippen molar-refractivity contribution in [2.45, 2.75) is 19.4 Å². The van der Waals surface area contributed by atoms with Crippen LogP contribution in [0.3, 0.4) is 0 Å². The average molecular weight is 227 g/mol. The van der Waals surface area contributed by atoms with Crippen LogP contribution in [0.25, 0.3) is 0 Å². The minimum absolute atomic E-state index is 0.168. The van der Waals surface area contributed by atoms with Gasteiger partial charge in [-0.05, 0) is 6.07 Å². The third-order valence-corrected chi connectivity index (χ3v) is 2.17. The van der Waals surface area contributed by atoms with Crippen LogP contribution in [-0.4, -0.2) is 37.4 Å². The summed E-state index contributed by atoms with van der Waals surface area (Å²) in [5.74, 6) is 0.416. The standard InChI is InChI=1S/C11H17NO4/c1-3-10-9(4-5-16-10)11(14)12-6-8(13)7-15-2/h4-5,8,13H,3,6-7H2,1-2H3,(H,12,14). The van der Waals surface area contributed by atoms with Crippen molar-refractivity contribution in [3.63, 3.8) is 0 Å². The van der Waals surface area contributed by atoms with E-state index in [-0.39, 0.29) is 19.1 Å². The number of furan rings is 1. The molecule has 0 fully saturated rings. The molecule has 0 radical (unpaired) electrons. The van der Waals surface area contributed by atoms with E-state index in [2.05, 4.69) is 5.32 Å². The van der Waals surface area contributed by atoms with Gasteiger partial charge in [-0.1, -0.05) is 6.92 Å². The van der Waals surface area contributed by atoms with Crippen molar-refractivity contribution >= 4 is 5.91 Å². The molecule has 5 nitrogen and oxygen atoms in total. The van der Waals surface area contributed by atoms with Crippen molar-refractivity contribution in [2.24, 2.45) is 0 Å². The average Bonchev–Trinajstić information content (AvgIpc) is 2.74. The molecule has 1 aromatic heterocycles. The summed E-state index contributed by atoms with van der Waals surface area (Å²) < 4.78 is 9.89. The molecule has 0 saturated carbocycles. The van der Waals surface area contributed by atoms with Gasteiger partial charge in [0, 0.05) is 20.1 Å². The van der Waals surface area contributed by atoms with Gasteiger partial charge in [0.05, 0.1) is 24.5 Å². The summed E-state index contributed by atoms with van der Waals surface area (Å²) in [5, 5.41) is 12.0. The molecule has 1 heterocycles. The predicted molar refractivity (Wildman–Crippen MR) is 58.3 cm³/mol. The van der Waals surface area contributed by atoms with E-state index in [0.29, 0.717) is 17.7 Å². The van der Waals surface area contributed by atoms with Crippen LogP contribution in [0.15, 0.2) is 16.7 Å². The largest absolute Gasteiger partial charge is 0.469 e. The molecular formula is C11H17NO4. The van der Waals surface area contributed by atoms with Crippen LogP contribution in [-0.2, 0) is 11.2 Å². The van der Waals surface area contributed by atoms with Gasteiger partial charge in [0.1, 0.15) is 5.76 Å². The molecule has 5 heteroatoms. The number of ether oxygens (including phenoxy) is 1. The van der Waals surface area contributed by atoms with E-state index in [9.17, 15) is 9.90 Å². The third-order valence-electron chi connectivity index (χ3n) is 2.17. The fourth-order valence-electron chi connectivity index (χ4n) is 1.37. The molecule has 0 aliphatic heterocycles. The second kappa shape index (κ2) is 6.30. The first-order valence-corrected chi connectivity index (χ1v) is 5.20. The maximum absolute atomic E-state index is 11.7. The maximum atomic E-state index is 11.7. The van der Waals surface area contributed by atoms with Gasteiger partial charge in [0.15, 0.2) is 0 Å². The highest BCUT2D eigenvalue weighted by Crippen LogP contribution is 2.10. The fraction of sp³-hybridized carbons (Fsp3) is 0.545. The van der Waals surface area contributed by atoms with E-state index in [4.69, 9.17) is 9.15 Å². The Kier molecular flexibility index (Phi) is 5.01. The number of carbonyl (C=O) groups excluding carboxylic acids is 1. The number of hydrogen-bond acceptors (Lipinski definition) is 4. The van der Waals surface area contributed by atoms with Gasteiger partial charge in [0.25, 0.3) is 5.91 Å². The van der Waals surface area contributed by atoms with E-state index >= 15 is 0 Å². The molecule has 0 spiro atoms. The van der Waals surface area contributed by atoms with Crippen molar-refractivity contribution in [3.8, 4) is 0 Å². The molecule has 0 aliphatic rings. The molecular weight excluding hydrogens is 210 g/mol. The van der Waals surface area contributed by atoms with Gasteiger partial charge >= 0.3 is 0 Å². The summed E-state index contributed by atoms with van der Waals surface area (Å²) in [4.78, 5) is 11.7. The van der Waals surface area contributed by atoms with Crippen LogP contribution >= 0.6 is 0 Å². The summed E-state index contributed by atoms with van der Waals surface area (Å²) in [6, 6.07) is 1.62. The highest BCUT2D eigenvalue weighted by atomic mass is 16.5. The molecule has 90 valence electrons. The lowest BCUT2D eigenvalue weighted by Gasteiger charge is -2.10. The van der Waals surface area contributed by atoms with Crippen LogP contribution < -0.4 is 5.32 Å². The van der Waals surface area contributed by atoms with Crippen molar-refractivity contribution in [1.82, 2.24) is 5.32 Å². The minimum atomic E-state index is -0.689.